The highest BCUT2D eigenvalue weighted by molar-refractivity contribution is 7.58. The van der Waals surface area contributed by atoms with Crippen molar-refractivity contribution in [3.8, 4) is 0 Å². The normalized spacial score (nSPS) is 10.3. The van der Waals surface area contributed by atoms with Gasteiger partial charge in [0.1, 0.15) is 0 Å². The summed E-state index contributed by atoms with van der Waals surface area (Å²) in [6, 6.07) is 0. The molecule has 0 heterocycles. The second kappa shape index (κ2) is 4.59. The molecule has 0 saturated carbocycles. The predicted molar refractivity (Wildman–Crippen MR) is 38.0 cm³/mol. The molecule has 43 valence electrons. The fourth-order valence-corrected chi connectivity index (χ4v) is 1.16. The molecule has 0 bridgehead atoms. The topological polar surface area (TPSA) is 0 Å². The van der Waals surface area contributed by atoms with Crippen molar-refractivity contribution in [2.45, 2.75) is 19.8 Å². The van der Waals surface area contributed by atoms with Crippen LogP contribution in [-0.4, -0.2) is 13.3 Å². The summed E-state index contributed by atoms with van der Waals surface area (Å²) in [5.41, 5.74) is 0. The summed E-state index contributed by atoms with van der Waals surface area (Å²) in [7, 11) is 0.269. The van der Waals surface area contributed by atoms with Crippen LogP contribution >= 0.6 is 7.92 Å². The third kappa shape index (κ3) is 6.43. The summed E-state index contributed by atoms with van der Waals surface area (Å²) < 4.78 is 0. The number of rotatable bonds is 3. The van der Waals surface area contributed by atoms with Crippen molar-refractivity contribution < 1.29 is 0 Å². The van der Waals surface area contributed by atoms with Crippen molar-refractivity contribution in [2.24, 2.45) is 0 Å². The Hall–Kier alpha value is 0.430. The molecule has 0 amide bonds. The van der Waals surface area contributed by atoms with Gasteiger partial charge < -0.3 is 0 Å². The van der Waals surface area contributed by atoms with Crippen LogP contribution in [0.25, 0.3) is 0 Å². The Kier molecular flexibility index (Phi) is 4.87. The van der Waals surface area contributed by atoms with Crippen LogP contribution in [0.3, 0.4) is 0 Å². The zero-order valence-corrected chi connectivity index (χ0v) is 6.33. The van der Waals surface area contributed by atoms with Crippen molar-refractivity contribution in [3.05, 3.63) is 6.16 Å². The fraction of sp³-hybridized carbons (Fsp3) is 0.833. The minimum absolute atomic E-state index is 0.269. The van der Waals surface area contributed by atoms with Gasteiger partial charge in [-0.05, 0) is 25.9 Å². The third-order valence-corrected chi connectivity index (χ3v) is 1.77. The van der Waals surface area contributed by atoms with Crippen molar-refractivity contribution in [1.82, 2.24) is 0 Å². The van der Waals surface area contributed by atoms with Crippen LogP contribution in [0.5, 0.6) is 0 Å². The summed E-state index contributed by atoms with van der Waals surface area (Å²) in [6.07, 6.45) is 5.02. The van der Waals surface area contributed by atoms with E-state index in [0.29, 0.717) is 0 Å². The molecule has 0 unspecified atom stereocenters. The first kappa shape index (κ1) is 7.43. The van der Waals surface area contributed by atoms with Crippen molar-refractivity contribution in [3.63, 3.8) is 0 Å². The van der Waals surface area contributed by atoms with Gasteiger partial charge in [-0.3, -0.25) is 0 Å². The second-order valence-corrected chi connectivity index (χ2v) is 4.23. The van der Waals surface area contributed by atoms with E-state index in [1.807, 2.05) is 0 Å². The first-order chi connectivity index (χ1) is 3.27. The van der Waals surface area contributed by atoms with Crippen LogP contribution in [-0.2, 0) is 0 Å². The molecule has 0 saturated heterocycles. The molecule has 0 aromatic rings. The first-order valence-corrected chi connectivity index (χ1v) is 5.07. The SMILES string of the molecule is CCC[CH]P(C)C. The van der Waals surface area contributed by atoms with Crippen molar-refractivity contribution in [2.75, 3.05) is 13.3 Å². The van der Waals surface area contributed by atoms with Gasteiger partial charge in [0.25, 0.3) is 0 Å². The maximum atomic E-state index is 2.41. The number of hydrogen-bond donors (Lipinski definition) is 0. The zero-order chi connectivity index (χ0) is 5.70. The molecule has 0 aromatic heterocycles. The molecule has 0 aromatic carbocycles. The molecule has 7 heavy (non-hydrogen) atoms. The van der Waals surface area contributed by atoms with Crippen LogP contribution in [0.15, 0.2) is 0 Å². The standard InChI is InChI=1S/C6H14P/c1-4-5-6-7(2)3/h6H,4-5H2,1-3H3. The smallest absolute Gasteiger partial charge is 0.0147 e. The Morgan fingerprint density at radius 2 is 2.00 bits per heavy atom. The molecule has 0 fully saturated rings. The summed E-state index contributed by atoms with van der Waals surface area (Å²) >= 11 is 0. The van der Waals surface area contributed by atoms with Crippen LogP contribution in [0.1, 0.15) is 19.8 Å². The summed E-state index contributed by atoms with van der Waals surface area (Å²) in [4.78, 5) is 0. The van der Waals surface area contributed by atoms with Gasteiger partial charge in [-0.2, -0.15) is 0 Å². The molecule has 0 nitrogen and oxygen atoms in total. The average molecular weight is 117 g/mol. The Labute approximate surface area is 48.1 Å². The zero-order valence-electron chi connectivity index (χ0n) is 5.44. The maximum absolute atomic E-state index is 2.41. The molecular weight excluding hydrogens is 103 g/mol. The van der Waals surface area contributed by atoms with E-state index < -0.39 is 0 Å². The van der Waals surface area contributed by atoms with E-state index in [9.17, 15) is 0 Å². The Morgan fingerprint density at radius 1 is 1.43 bits per heavy atom. The lowest BCUT2D eigenvalue weighted by molar-refractivity contribution is 0.942. The highest BCUT2D eigenvalue weighted by Gasteiger charge is 1.88. The predicted octanol–water partition coefficient (Wildman–Crippen LogP) is 2.69. The monoisotopic (exact) mass is 117 g/mol. The molecule has 0 spiro atoms. The van der Waals surface area contributed by atoms with Gasteiger partial charge in [-0.15, -0.1) is 7.92 Å². The van der Waals surface area contributed by atoms with E-state index in [1.54, 1.807) is 0 Å². The molecule has 0 aliphatic heterocycles. The molecule has 1 radical (unpaired) electrons. The highest BCUT2D eigenvalue weighted by atomic mass is 31.1. The Bertz CT molecular complexity index is 33.2. The quantitative estimate of drug-likeness (QED) is 0.498. The van der Waals surface area contributed by atoms with Crippen LogP contribution in [0, 0.1) is 6.16 Å². The molecule has 1 heteroatoms. The van der Waals surface area contributed by atoms with E-state index in [0.717, 1.165) is 0 Å². The lowest BCUT2D eigenvalue weighted by Gasteiger charge is -1.99. The van der Waals surface area contributed by atoms with Crippen LogP contribution in [0.2, 0.25) is 0 Å². The van der Waals surface area contributed by atoms with Gasteiger partial charge >= 0.3 is 0 Å². The maximum Gasteiger partial charge on any atom is -0.0147 e. The Morgan fingerprint density at radius 3 is 2.14 bits per heavy atom. The molecule has 0 aliphatic carbocycles. The van der Waals surface area contributed by atoms with Gasteiger partial charge in [-0.1, -0.05) is 13.3 Å². The Balaban J connectivity index is 2.68. The molecule has 0 aliphatic rings. The first-order valence-electron chi connectivity index (χ1n) is 2.77. The fourth-order valence-electron chi connectivity index (χ4n) is 0.387. The van der Waals surface area contributed by atoms with E-state index in [-0.39, 0.29) is 7.92 Å². The largest absolute Gasteiger partial charge is 0.109 e. The number of unbranched alkanes of at least 4 members (excludes halogenated alkanes) is 1. The second-order valence-electron chi connectivity index (χ2n) is 1.93. The summed E-state index contributed by atoms with van der Waals surface area (Å²) in [6.45, 7) is 6.78. The molecule has 0 rings (SSSR count). The third-order valence-electron chi connectivity index (χ3n) is 0.783. The van der Waals surface area contributed by atoms with Gasteiger partial charge in [0, 0.05) is 0 Å². The van der Waals surface area contributed by atoms with Crippen LogP contribution < -0.4 is 0 Å². The van der Waals surface area contributed by atoms with Gasteiger partial charge in [0.15, 0.2) is 0 Å². The lowest BCUT2D eigenvalue weighted by Crippen LogP contribution is -1.69. The van der Waals surface area contributed by atoms with Crippen molar-refractivity contribution in [1.29, 1.82) is 0 Å². The molecule has 0 N–H and O–H groups in total. The van der Waals surface area contributed by atoms with Crippen molar-refractivity contribution >= 4 is 7.92 Å². The molecular formula is C6H14P. The van der Waals surface area contributed by atoms with Crippen LogP contribution in [0.4, 0.5) is 0 Å². The summed E-state index contributed by atoms with van der Waals surface area (Å²) in [5, 5.41) is 0. The van der Waals surface area contributed by atoms with E-state index in [1.165, 1.54) is 12.8 Å². The van der Waals surface area contributed by atoms with Gasteiger partial charge in [-0.25, -0.2) is 0 Å². The van der Waals surface area contributed by atoms with Gasteiger partial charge in [0.2, 0.25) is 0 Å². The minimum atomic E-state index is 0.269. The van der Waals surface area contributed by atoms with E-state index in [4.69, 9.17) is 0 Å². The van der Waals surface area contributed by atoms with Gasteiger partial charge in [0.05, 0.1) is 0 Å². The molecule has 0 atom stereocenters. The van der Waals surface area contributed by atoms with E-state index in [2.05, 4.69) is 26.4 Å². The average Bonchev–Trinajstić information content (AvgIpc) is 1.61. The number of hydrogen-bond acceptors (Lipinski definition) is 0. The highest BCUT2D eigenvalue weighted by Crippen LogP contribution is 2.30. The minimum Gasteiger partial charge on any atom is -0.109 e. The lowest BCUT2D eigenvalue weighted by atomic mass is 10.4. The summed E-state index contributed by atoms with van der Waals surface area (Å²) in [5.74, 6) is 0. The van der Waals surface area contributed by atoms with E-state index >= 15 is 0 Å².